The number of aliphatic imine (C=N–C) groups is 1. The van der Waals surface area contributed by atoms with E-state index in [2.05, 4.69) is 9.89 Å². The quantitative estimate of drug-likeness (QED) is 0.455. The van der Waals surface area contributed by atoms with Gasteiger partial charge >= 0.3 is 5.97 Å². The number of ether oxygens (including phenoxy) is 1. The van der Waals surface area contributed by atoms with Gasteiger partial charge in [-0.05, 0) is 42.0 Å². The molecule has 27 heavy (non-hydrogen) atoms. The molecule has 2 aromatic carbocycles. The average Bonchev–Trinajstić information content (AvgIpc) is 2.66. The molecule has 0 aliphatic rings. The average molecular weight is 432 g/mol. The Morgan fingerprint density at radius 3 is 2.30 bits per heavy atom. The minimum atomic E-state index is -0.959. The highest BCUT2D eigenvalue weighted by Crippen LogP contribution is 2.29. The standard InChI is InChI=1S/C19H20Cl2N2O3.ClH/c1-26-18-12-14(2-7-17(18)23(10-8-20)11-9-21)13-22-16-5-3-15(4-6-16)19(24)25;/h2-7,12-13H,8-11H2,1H3,(H,24,25);1H. The Kier molecular flexibility index (Phi) is 10.0. The summed E-state index contributed by atoms with van der Waals surface area (Å²) in [5, 5.41) is 8.92. The van der Waals surface area contributed by atoms with E-state index in [1.54, 1.807) is 25.5 Å². The van der Waals surface area contributed by atoms with Gasteiger partial charge in [-0.2, -0.15) is 0 Å². The Labute approximate surface area is 175 Å². The van der Waals surface area contributed by atoms with Crippen LogP contribution in [0, 0.1) is 0 Å². The van der Waals surface area contributed by atoms with Crippen molar-refractivity contribution in [2.45, 2.75) is 0 Å². The van der Waals surface area contributed by atoms with Crippen LogP contribution in [0.1, 0.15) is 15.9 Å². The lowest BCUT2D eigenvalue weighted by Gasteiger charge is -2.25. The highest BCUT2D eigenvalue weighted by Gasteiger charge is 2.11. The SMILES string of the molecule is COc1cc(C=Nc2ccc(C(=O)O)cc2)ccc1N(CCCl)CCCl.Cl. The van der Waals surface area contributed by atoms with E-state index < -0.39 is 5.97 Å². The third-order valence-electron chi connectivity index (χ3n) is 3.73. The lowest BCUT2D eigenvalue weighted by Crippen LogP contribution is -2.28. The van der Waals surface area contributed by atoms with Crippen LogP contribution in [0.3, 0.4) is 0 Å². The maximum atomic E-state index is 10.9. The van der Waals surface area contributed by atoms with E-state index in [4.69, 9.17) is 33.0 Å². The van der Waals surface area contributed by atoms with Crippen LogP contribution < -0.4 is 9.64 Å². The van der Waals surface area contributed by atoms with Crippen LogP contribution in [0.5, 0.6) is 5.75 Å². The molecule has 0 radical (unpaired) electrons. The van der Waals surface area contributed by atoms with Gasteiger partial charge in [-0.15, -0.1) is 35.6 Å². The maximum absolute atomic E-state index is 10.9. The maximum Gasteiger partial charge on any atom is 0.335 e. The minimum absolute atomic E-state index is 0. The number of nitrogens with zero attached hydrogens (tertiary/aromatic N) is 2. The van der Waals surface area contributed by atoms with Crippen molar-refractivity contribution in [1.29, 1.82) is 0 Å². The molecule has 0 unspecified atom stereocenters. The van der Waals surface area contributed by atoms with E-state index in [1.807, 2.05) is 18.2 Å². The molecule has 0 atom stereocenters. The number of carbonyl (C=O) groups is 1. The van der Waals surface area contributed by atoms with Crippen molar-refractivity contribution in [3.8, 4) is 5.75 Å². The number of halogens is 3. The number of methoxy groups -OCH3 is 1. The first-order valence-electron chi connectivity index (χ1n) is 8.01. The van der Waals surface area contributed by atoms with Gasteiger partial charge in [0.25, 0.3) is 0 Å². The number of hydrogen-bond acceptors (Lipinski definition) is 4. The molecule has 8 heteroatoms. The van der Waals surface area contributed by atoms with Crippen LogP contribution in [-0.4, -0.2) is 49.2 Å². The van der Waals surface area contributed by atoms with Crippen LogP contribution in [0.4, 0.5) is 11.4 Å². The Bertz CT molecular complexity index is 761. The van der Waals surface area contributed by atoms with Gasteiger partial charge in [0.1, 0.15) is 5.75 Å². The summed E-state index contributed by atoms with van der Waals surface area (Å²) in [6.07, 6.45) is 1.70. The molecule has 5 nitrogen and oxygen atoms in total. The molecule has 146 valence electrons. The largest absolute Gasteiger partial charge is 0.495 e. The van der Waals surface area contributed by atoms with Crippen molar-refractivity contribution in [1.82, 2.24) is 0 Å². The number of carboxylic acids is 1. The molecule has 0 fully saturated rings. The van der Waals surface area contributed by atoms with Gasteiger partial charge in [-0.25, -0.2) is 4.79 Å². The molecule has 0 aromatic heterocycles. The second kappa shape index (κ2) is 11.7. The van der Waals surface area contributed by atoms with E-state index in [0.29, 0.717) is 36.3 Å². The van der Waals surface area contributed by atoms with Crippen molar-refractivity contribution in [2.24, 2.45) is 4.99 Å². The third kappa shape index (κ3) is 6.61. The smallest absolute Gasteiger partial charge is 0.335 e. The van der Waals surface area contributed by atoms with E-state index >= 15 is 0 Å². The van der Waals surface area contributed by atoms with Crippen molar-refractivity contribution >= 4 is 59.2 Å². The van der Waals surface area contributed by atoms with Crippen LogP contribution >= 0.6 is 35.6 Å². The highest BCUT2D eigenvalue weighted by atomic mass is 35.5. The Morgan fingerprint density at radius 1 is 1.15 bits per heavy atom. The molecular formula is C19H21Cl3N2O3. The van der Waals surface area contributed by atoms with Gasteiger partial charge in [0.05, 0.1) is 24.0 Å². The topological polar surface area (TPSA) is 62.1 Å². The molecule has 2 aromatic rings. The molecule has 0 amide bonds. The fourth-order valence-electron chi connectivity index (χ4n) is 2.43. The summed E-state index contributed by atoms with van der Waals surface area (Å²) < 4.78 is 5.50. The molecule has 0 aliphatic heterocycles. The third-order valence-corrected chi connectivity index (χ3v) is 4.07. The van der Waals surface area contributed by atoms with Crippen molar-refractivity contribution in [2.75, 3.05) is 36.9 Å². The van der Waals surface area contributed by atoms with Crippen LogP contribution in [0.2, 0.25) is 0 Å². The Morgan fingerprint density at radius 2 is 1.78 bits per heavy atom. The summed E-state index contributed by atoms with van der Waals surface area (Å²) in [5.41, 5.74) is 2.69. The first-order chi connectivity index (χ1) is 12.6. The van der Waals surface area contributed by atoms with Crippen molar-refractivity contribution < 1.29 is 14.6 Å². The zero-order valence-electron chi connectivity index (χ0n) is 14.8. The summed E-state index contributed by atoms with van der Waals surface area (Å²) in [4.78, 5) is 17.3. The van der Waals surface area contributed by atoms with Crippen molar-refractivity contribution in [3.05, 3.63) is 53.6 Å². The predicted molar refractivity (Wildman–Crippen MR) is 115 cm³/mol. The summed E-state index contributed by atoms with van der Waals surface area (Å²) in [6, 6.07) is 12.1. The fourth-order valence-corrected chi connectivity index (χ4v) is 2.84. The van der Waals surface area contributed by atoms with Gasteiger partial charge in [0, 0.05) is 31.1 Å². The molecule has 0 bridgehead atoms. The van der Waals surface area contributed by atoms with E-state index in [9.17, 15) is 4.79 Å². The number of benzene rings is 2. The number of anilines is 1. The van der Waals surface area contributed by atoms with Crippen LogP contribution in [0.25, 0.3) is 0 Å². The molecule has 0 saturated carbocycles. The second-order valence-electron chi connectivity index (χ2n) is 5.41. The summed E-state index contributed by atoms with van der Waals surface area (Å²) in [7, 11) is 1.62. The second-order valence-corrected chi connectivity index (χ2v) is 6.16. The summed E-state index contributed by atoms with van der Waals surface area (Å²) in [6.45, 7) is 1.35. The number of carboxylic acid groups (broad SMARTS) is 1. The number of aromatic carboxylic acids is 1. The normalized spacial score (nSPS) is 10.5. The van der Waals surface area contributed by atoms with Crippen LogP contribution in [0.15, 0.2) is 47.5 Å². The lowest BCUT2D eigenvalue weighted by molar-refractivity contribution is 0.0697. The minimum Gasteiger partial charge on any atom is -0.495 e. The molecule has 0 aliphatic carbocycles. The van der Waals surface area contributed by atoms with Crippen molar-refractivity contribution in [3.63, 3.8) is 0 Å². The molecular weight excluding hydrogens is 411 g/mol. The zero-order valence-corrected chi connectivity index (χ0v) is 17.1. The van der Waals surface area contributed by atoms with Gasteiger partial charge < -0.3 is 14.7 Å². The number of hydrogen-bond donors (Lipinski definition) is 1. The monoisotopic (exact) mass is 430 g/mol. The molecule has 2 rings (SSSR count). The fraction of sp³-hybridized carbons (Fsp3) is 0.263. The van der Waals surface area contributed by atoms with Gasteiger partial charge in [-0.3, -0.25) is 4.99 Å². The predicted octanol–water partition coefficient (Wildman–Crippen LogP) is 4.85. The summed E-state index contributed by atoms with van der Waals surface area (Å²) in [5.74, 6) is 0.746. The van der Waals surface area contributed by atoms with Gasteiger partial charge in [0.15, 0.2) is 0 Å². The summed E-state index contributed by atoms with van der Waals surface area (Å²) >= 11 is 11.7. The van der Waals surface area contributed by atoms with E-state index in [-0.39, 0.29) is 18.0 Å². The number of alkyl halides is 2. The molecule has 0 heterocycles. The first-order valence-corrected chi connectivity index (χ1v) is 9.08. The van der Waals surface area contributed by atoms with E-state index in [0.717, 1.165) is 11.3 Å². The van der Waals surface area contributed by atoms with Gasteiger partial charge in [0.2, 0.25) is 0 Å². The molecule has 0 spiro atoms. The van der Waals surface area contributed by atoms with E-state index in [1.165, 1.54) is 12.1 Å². The molecule has 0 saturated heterocycles. The van der Waals surface area contributed by atoms with Gasteiger partial charge in [-0.1, -0.05) is 6.07 Å². The Balaban J connectivity index is 0.00000364. The lowest BCUT2D eigenvalue weighted by atomic mass is 10.1. The first kappa shape index (κ1) is 23.1. The van der Waals surface area contributed by atoms with Crippen LogP contribution in [-0.2, 0) is 0 Å². The zero-order chi connectivity index (χ0) is 18.9. The number of rotatable bonds is 9. The molecule has 1 N–H and O–H groups in total. The Hall–Kier alpha value is -1.95. The highest BCUT2D eigenvalue weighted by molar-refractivity contribution is 6.18.